The molecule has 104 valence electrons. The molecule has 0 aliphatic carbocycles. The molecule has 0 rings (SSSR count). The molecule has 1 N–H and O–H groups in total. The van der Waals surface area contributed by atoms with Crippen LogP contribution in [0.5, 0.6) is 0 Å². The van der Waals surface area contributed by atoms with Crippen LogP contribution in [0.2, 0.25) is 0 Å². The second-order valence-electron chi connectivity index (χ2n) is 4.64. The topological polar surface area (TPSA) is 77.4 Å². The minimum Gasteiger partial charge on any atom is -0.748 e. The molecule has 0 bridgehead atoms. The molecule has 2 unspecified atom stereocenters. The smallest absolute Gasteiger partial charge is 0.748 e. The van der Waals surface area contributed by atoms with E-state index >= 15 is 0 Å². The molecule has 4 nitrogen and oxygen atoms in total. The fourth-order valence-corrected chi connectivity index (χ4v) is 2.85. The quantitative estimate of drug-likeness (QED) is 0.333. The number of aliphatic hydroxyl groups is 1. The summed E-state index contributed by atoms with van der Waals surface area (Å²) >= 11 is 0. The fraction of sp³-hybridized carbons (Fsp3) is 1.00. The Balaban J connectivity index is 0. The molecule has 0 radical (unpaired) electrons. The van der Waals surface area contributed by atoms with Gasteiger partial charge in [0.25, 0.3) is 0 Å². The summed E-state index contributed by atoms with van der Waals surface area (Å²) in [5.41, 5.74) is 0. The van der Waals surface area contributed by atoms with Gasteiger partial charge in [0.05, 0.1) is 21.5 Å². The van der Waals surface area contributed by atoms with Crippen LogP contribution in [0.25, 0.3) is 0 Å². The third kappa shape index (κ3) is 11.3. The van der Waals surface area contributed by atoms with E-state index in [0.717, 1.165) is 32.1 Å². The van der Waals surface area contributed by atoms with Gasteiger partial charge in [0.15, 0.2) is 0 Å². The summed E-state index contributed by atoms with van der Waals surface area (Å²) in [6.45, 7) is 4.00. The molecule has 18 heavy (non-hydrogen) atoms. The summed E-state index contributed by atoms with van der Waals surface area (Å²) in [6.07, 6.45) is 4.99. The van der Waals surface area contributed by atoms with E-state index in [4.69, 9.17) is 0 Å². The molecule has 0 aromatic carbocycles. The Morgan fingerprint density at radius 1 is 1.06 bits per heavy atom. The first kappa shape index (κ1) is 21.8. The Labute approximate surface area is 154 Å². The minimum atomic E-state index is -4.28. The van der Waals surface area contributed by atoms with Crippen LogP contribution in [0.1, 0.15) is 65.2 Å². The molecule has 2 atom stereocenters. The molecule has 0 saturated carbocycles. The predicted molar refractivity (Wildman–Crippen MR) is 67.8 cm³/mol. The van der Waals surface area contributed by atoms with Crippen LogP contribution in [0.4, 0.5) is 0 Å². The van der Waals surface area contributed by atoms with E-state index in [-0.39, 0.29) is 57.8 Å². The first-order valence-corrected chi connectivity index (χ1v) is 8.01. The summed E-state index contributed by atoms with van der Waals surface area (Å²) in [6, 6.07) is 0. The van der Waals surface area contributed by atoms with Gasteiger partial charge in [-0.1, -0.05) is 46.0 Å². The normalized spacial score (nSPS) is 14.9. The molecule has 0 fully saturated rings. The van der Waals surface area contributed by atoms with Crippen molar-refractivity contribution in [3.63, 3.8) is 0 Å². The van der Waals surface area contributed by atoms with E-state index in [1.165, 1.54) is 0 Å². The molecule has 6 heteroatoms. The molecular formula is C12H25KO4S. The van der Waals surface area contributed by atoms with E-state index in [0.29, 0.717) is 12.8 Å². The third-order valence-corrected chi connectivity index (χ3v) is 4.19. The molecule has 0 aliphatic rings. The van der Waals surface area contributed by atoms with Crippen molar-refractivity contribution in [1.82, 2.24) is 0 Å². The molecule has 0 heterocycles. The molecule has 0 aliphatic heterocycles. The number of hydrogen-bond donors (Lipinski definition) is 1. The number of hydrogen-bond acceptors (Lipinski definition) is 4. The molecule has 0 spiro atoms. The summed E-state index contributed by atoms with van der Waals surface area (Å²) in [5.74, 6) is 0. The van der Waals surface area contributed by atoms with Gasteiger partial charge in [-0.25, -0.2) is 8.42 Å². The molecule has 0 amide bonds. The Hall–Kier alpha value is 1.51. The van der Waals surface area contributed by atoms with E-state index in [1.54, 1.807) is 0 Å². The first-order chi connectivity index (χ1) is 7.91. The average Bonchev–Trinajstić information content (AvgIpc) is 2.21. The van der Waals surface area contributed by atoms with Crippen molar-refractivity contribution in [3.05, 3.63) is 0 Å². The van der Waals surface area contributed by atoms with Crippen molar-refractivity contribution in [3.8, 4) is 0 Å². The van der Waals surface area contributed by atoms with Crippen molar-refractivity contribution in [2.45, 2.75) is 76.6 Å². The fourth-order valence-electron chi connectivity index (χ4n) is 1.93. The van der Waals surface area contributed by atoms with Gasteiger partial charge < -0.3 is 9.66 Å². The number of unbranched alkanes of at least 4 members (excludes halogenated alkanes) is 3. The molecule has 0 aromatic heterocycles. The van der Waals surface area contributed by atoms with Gasteiger partial charge >= 0.3 is 51.4 Å². The van der Waals surface area contributed by atoms with E-state index in [2.05, 4.69) is 6.92 Å². The second-order valence-corrected chi connectivity index (χ2v) is 6.29. The Morgan fingerprint density at radius 3 is 2.11 bits per heavy atom. The van der Waals surface area contributed by atoms with Gasteiger partial charge in [-0.05, 0) is 19.3 Å². The predicted octanol–water partition coefficient (Wildman–Crippen LogP) is -0.574. The zero-order chi connectivity index (χ0) is 13.3. The van der Waals surface area contributed by atoms with Crippen LogP contribution in [0.15, 0.2) is 0 Å². The molecular weight excluding hydrogens is 279 g/mol. The van der Waals surface area contributed by atoms with Gasteiger partial charge in [-0.15, -0.1) is 0 Å². The third-order valence-electron chi connectivity index (χ3n) is 2.94. The van der Waals surface area contributed by atoms with Crippen molar-refractivity contribution >= 4 is 10.1 Å². The molecule has 0 saturated heterocycles. The van der Waals surface area contributed by atoms with Gasteiger partial charge in [0.2, 0.25) is 0 Å². The van der Waals surface area contributed by atoms with Gasteiger partial charge in [0.1, 0.15) is 0 Å². The summed E-state index contributed by atoms with van der Waals surface area (Å²) < 4.78 is 33.2. The zero-order valence-electron chi connectivity index (χ0n) is 11.9. The van der Waals surface area contributed by atoms with E-state index in [9.17, 15) is 18.1 Å². The van der Waals surface area contributed by atoms with Crippen LogP contribution in [-0.4, -0.2) is 29.4 Å². The maximum atomic E-state index is 11.1. The van der Waals surface area contributed by atoms with E-state index in [1.807, 2.05) is 6.92 Å². The largest absolute Gasteiger partial charge is 1.00 e. The first-order valence-electron chi connectivity index (χ1n) is 6.54. The Morgan fingerprint density at radius 2 is 1.67 bits per heavy atom. The zero-order valence-corrected chi connectivity index (χ0v) is 15.8. The number of aliphatic hydroxyl groups excluding tert-OH is 1. The average molecular weight is 304 g/mol. The maximum absolute atomic E-state index is 11.1. The van der Waals surface area contributed by atoms with Crippen molar-refractivity contribution < 1.29 is 69.5 Å². The van der Waals surface area contributed by atoms with Gasteiger partial charge in [-0.2, -0.15) is 0 Å². The van der Waals surface area contributed by atoms with Crippen LogP contribution in [0, 0.1) is 0 Å². The Bertz CT molecular complexity index is 280. The number of rotatable bonds is 10. The van der Waals surface area contributed by atoms with Crippen LogP contribution >= 0.6 is 0 Å². The Kier molecular flexibility index (Phi) is 14.9. The van der Waals surface area contributed by atoms with Crippen molar-refractivity contribution in [2.24, 2.45) is 0 Å². The van der Waals surface area contributed by atoms with Crippen LogP contribution in [0.3, 0.4) is 0 Å². The van der Waals surface area contributed by atoms with Crippen LogP contribution in [-0.2, 0) is 10.1 Å². The van der Waals surface area contributed by atoms with Crippen LogP contribution < -0.4 is 51.4 Å². The van der Waals surface area contributed by atoms with E-state index < -0.39 is 21.5 Å². The minimum absolute atomic E-state index is 0. The van der Waals surface area contributed by atoms with Gasteiger partial charge in [0, 0.05) is 0 Å². The summed E-state index contributed by atoms with van der Waals surface area (Å²) in [4.78, 5) is 0. The van der Waals surface area contributed by atoms with Crippen molar-refractivity contribution in [1.29, 1.82) is 0 Å². The van der Waals surface area contributed by atoms with Crippen molar-refractivity contribution in [2.75, 3.05) is 0 Å². The summed E-state index contributed by atoms with van der Waals surface area (Å²) in [5, 5.41) is 8.67. The SMILES string of the molecule is CCCCCCC(CC(O)CCC)S(=O)(=O)[O-].[K+]. The summed E-state index contributed by atoms with van der Waals surface area (Å²) in [7, 11) is -4.28. The molecule has 0 aromatic rings. The maximum Gasteiger partial charge on any atom is 1.00 e. The second kappa shape index (κ2) is 12.3. The monoisotopic (exact) mass is 304 g/mol. The standard InChI is InChI=1S/C12H26O4S.K/c1-3-5-6-7-9-12(17(14,15)16)10-11(13)8-4-2;/h11-13H,3-10H2,1-2H3,(H,14,15,16);/q;+1/p-1. The van der Waals surface area contributed by atoms with Gasteiger partial charge in [-0.3, -0.25) is 0 Å².